The maximum absolute atomic E-state index is 12.7. The van der Waals surface area contributed by atoms with E-state index in [0.29, 0.717) is 22.2 Å². The molecule has 0 aromatic heterocycles. The molecule has 4 saturated carbocycles. The highest BCUT2D eigenvalue weighted by molar-refractivity contribution is 6.31. The molecule has 1 aromatic rings. The maximum Gasteiger partial charge on any atom is 0.142 e. The van der Waals surface area contributed by atoms with Gasteiger partial charge in [-0.05, 0) is 55.2 Å². The van der Waals surface area contributed by atoms with Crippen molar-refractivity contribution in [3.63, 3.8) is 0 Å². The number of benzene rings is 1. The molecule has 5 unspecified atom stereocenters. The van der Waals surface area contributed by atoms with E-state index < -0.39 is 5.60 Å². The average Bonchev–Trinajstić information content (AvgIpc) is 2.55. The van der Waals surface area contributed by atoms with Gasteiger partial charge in [0.25, 0.3) is 0 Å². The molecular formula is C18H21ClN2O2. The van der Waals surface area contributed by atoms with Crippen LogP contribution in [0.15, 0.2) is 18.7 Å². The summed E-state index contributed by atoms with van der Waals surface area (Å²) in [6, 6.07) is 3.48. The van der Waals surface area contributed by atoms with Crippen LogP contribution in [0.5, 0.6) is 0 Å². The first-order valence-corrected chi connectivity index (χ1v) is 8.56. The number of hydrogen-bond acceptors (Lipinski definition) is 4. The Hall–Kier alpha value is -1.36. The zero-order valence-corrected chi connectivity index (χ0v) is 13.6. The van der Waals surface area contributed by atoms with Gasteiger partial charge < -0.3 is 10.5 Å². The second-order valence-corrected chi connectivity index (χ2v) is 7.68. The van der Waals surface area contributed by atoms with Crippen molar-refractivity contribution in [1.29, 1.82) is 0 Å². The Balaban J connectivity index is 1.91. The van der Waals surface area contributed by atoms with Gasteiger partial charge in [0.05, 0.1) is 11.6 Å². The summed E-state index contributed by atoms with van der Waals surface area (Å²) < 4.78 is 0. The first-order valence-electron chi connectivity index (χ1n) is 8.18. The Morgan fingerprint density at radius 1 is 1.35 bits per heavy atom. The Morgan fingerprint density at radius 2 is 2.13 bits per heavy atom. The van der Waals surface area contributed by atoms with Gasteiger partial charge in [-0.2, -0.15) is 0 Å². The molecule has 5 atom stereocenters. The number of nitrogen functional groups attached to an aromatic ring is 1. The second kappa shape index (κ2) is 5.07. The maximum atomic E-state index is 12.7. The number of aliphatic hydroxyl groups is 1. The monoisotopic (exact) mass is 332 g/mol. The summed E-state index contributed by atoms with van der Waals surface area (Å²) in [4.78, 5) is 12.7. The van der Waals surface area contributed by atoms with Crippen molar-refractivity contribution in [1.82, 2.24) is 0 Å². The van der Waals surface area contributed by atoms with Gasteiger partial charge in [0.2, 0.25) is 0 Å². The summed E-state index contributed by atoms with van der Waals surface area (Å²) in [7, 11) is 0. The van der Waals surface area contributed by atoms with Crippen LogP contribution in [0.2, 0.25) is 5.02 Å². The van der Waals surface area contributed by atoms with E-state index in [1.54, 1.807) is 18.2 Å². The van der Waals surface area contributed by atoms with Crippen molar-refractivity contribution >= 4 is 29.1 Å². The number of hydrazine groups is 1. The predicted octanol–water partition coefficient (Wildman–Crippen LogP) is 3.09. The van der Waals surface area contributed by atoms with E-state index in [9.17, 15) is 9.90 Å². The van der Waals surface area contributed by atoms with Gasteiger partial charge >= 0.3 is 0 Å². The number of anilines is 1. The summed E-state index contributed by atoms with van der Waals surface area (Å²) in [6.07, 6.45) is 5.20. The minimum atomic E-state index is -1.16. The quantitative estimate of drug-likeness (QED) is 0.587. The SMILES string of the molecule is C=Cc1c(NN)cc(Cl)cc1C1(O)C2CC3CC(C2)C(=O)C1C3. The van der Waals surface area contributed by atoms with Crippen LogP contribution in [0.1, 0.15) is 36.8 Å². The smallest absolute Gasteiger partial charge is 0.142 e. The second-order valence-electron chi connectivity index (χ2n) is 7.25. The van der Waals surface area contributed by atoms with Crippen molar-refractivity contribution in [2.45, 2.75) is 31.3 Å². The zero-order chi connectivity index (χ0) is 16.4. The number of hydrogen-bond donors (Lipinski definition) is 3. The molecule has 0 aliphatic heterocycles. The van der Waals surface area contributed by atoms with Crippen LogP contribution in [-0.4, -0.2) is 10.9 Å². The van der Waals surface area contributed by atoms with Gasteiger partial charge in [0.15, 0.2) is 0 Å². The first kappa shape index (κ1) is 15.2. The van der Waals surface area contributed by atoms with E-state index in [1.807, 2.05) is 0 Å². The fourth-order valence-corrected chi connectivity index (χ4v) is 5.55. The topological polar surface area (TPSA) is 75.3 Å². The highest BCUT2D eigenvalue weighted by Crippen LogP contribution is 2.61. The Bertz CT molecular complexity index is 705. The predicted molar refractivity (Wildman–Crippen MR) is 90.7 cm³/mol. The molecular weight excluding hydrogens is 312 g/mol. The van der Waals surface area contributed by atoms with Crippen molar-refractivity contribution < 1.29 is 9.90 Å². The molecule has 0 amide bonds. The first-order chi connectivity index (χ1) is 11.0. The Morgan fingerprint density at radius 3 is 2.83 bits per heavy atom. The van der Waals surface area contributed by atoms with Crippen LogP contribution in [0.4, 0.5) is 5.69 Å². The number of carbonyl (C=O) groups is 1. The lowest BCUT2D eigenvalue weighted by Gasteiger charge is -2.58. The van der Waals surface area contributed by atoms with Gasteiger partial charge in [0, 0.05) is 16.5 Å². The molecule has 4 bridgehead atoms. The van der Waals surface area contributed by atoms with Gasteiger partial charge in [-0.3, -0.25) is 10.6 Å². The highest BCUT2D eigenvalue weighted by atomic mass is 35.5. The molecule has 4 aliphatic carbocycles. The lowest BCUT2D eigenvalue weighted by molar-refractivity contribution is -0.187. The molecule has 0 saturated heterocycles. The van der Waals surface area contributed by atoms with Gasteiger partial charge in [-0.25, -0.2) is 0 Å². The number of halogens is 1. The lowest BCUT2D eigenvalue weighted by atomic mass is 9.47. The van der Waals surface area contributed by atoms with Crippen molar-refractivity contribution in [2.75, 3.05) is 5.43 Å². The molecule has 0 spiro atoms. The van der Waals surface area contributed by atoms with Crippen LogP contribution in [0.25, 0.3) is 6.08 Å². The van der Waals surface area contributed by atoms with Crippen LogP contribution < -0.4 is 11.3 Å². The van der Waals surface area contributed by atoms with Gasteiger partial charge in [0.1, 0.15) is 11.4 Å². The van der Waals surface area contributed by atoms with Crippen molar-refractivity contribution in [3.05, 3.63) is 34.9 Å². The molecule has 5 heteroatoms. The standard InChI is InChI=1S/C18H21ClN2O2/c1-2-13-14(7-12(19)8-16(13)21-20)18(23)11-4-9-3-10(6-11)17(22)15(18)5-9/h2,7-11,15,21,23H,1,3-6,20H2. The largest absolute Gasteiger partial charge is 0.384 e. The molecule has 122 valence electrons. The minimum absolute atomic E-state index is 0.102. The van der Waals surface area contributed by atoms with E-state index in [0.717, 1.165) is 31.2 Å². The number of carbonyl (C=O) groups excluding carboxylic acids is 1. The van der Waals surface area contributed by atoms with Crippen LogP contribution in [0.3, 0.4) is 0 Å². The van der Waals surface area contributed by atoms with E-state index >= 15 is 0 Å². The van der Waals surface area contributed by atoms with Crippen LogP contribution >= 0.6 is 11.6 Å². The third-order valence-electron chi connectivity index (χ3n) is 6.21. The average molecular weight is 333 g/mol. The number of nitrogens with two attached hydrogens (primary N) is 1. The molecule has 5 rings (SSSR count). The number of ketones is 1. The Kier molecular flexibility index (Phi) is 3.34. The van der Waals surface area contributed by atoms with Gasteiger partial charge in [-0.15, -0.1) is 0 Å². The van der Waals surface area contributed by atoms with E-state index in [2.05, 4.69) is 12.0 Å². The molecule has 1 aromatic carbocycles. The van der Waals surface area contributed by atoms with E-state index in [1.165, 1.54) is 0 Å². The summed E-state index contributed by atoms with van der Waals surface area (Å²) in [5, 5.41) is 12.2. The third-order valence-corrected chi connectivity index (χ3v) is 6.43. The summed E-state index contributed by atoms with van der Waals surface area (Å²) >= 11 is 6.24. The third kappa shape index (κ3) is 1.95. The summed E-state index contributed by atoms with van der Waals surface area (Å²) in [5.41, 5.74) is 3.51. The van der Waals surface area contributed by atoms with E-state index in [-0.39, 0.29) is 23.5 Å². The minimum Gasteiger partial charge on any atom is -0.384 e. The van der Waals surface area contributed by atoms with Crippen LogP contribution in [-0.2, 0) is 10.4 Å². The van der Waals surface area contributed by atoms with Gasteiger partial charge in [-0.1, -0.05) is 24.3 Å². The molecule has 4 fully saturated rings. The number of rotatable bonds is 3. The number of nitrogens with one attached hydrogen (secondary N) is 1. The molecule has 0 radical (unpaired) electrons. The van der Waals surface area contributed by atoms with E-state index in [4.69, 9.17) is 17.4 Å². The van der Waals surface area contributed by atoms with Crippen LogP contribution in [0, 0.1) is 23.7 Å². The highest BCUT2D eigenvalue weighted by Gasteiger charge is 2.61. The molecule has 23 heavy (non-hydrogen) atoms. The Labute approximate surface area is 140 Å². The fraction of sp³-hybridized carbons (Fsp3) is 0.500. The summed E-state index contributed by atoms with van der Waals surface area (Å²) in [6.45, 7) is 3.86. The molecule has 4 nitrogen and oxygen atoms in total. The number of Topliss-reactive ketones (excluding diaryl/α,β-unsaturated/α-hetero) is 1. The normalized spacial score (nSPS) is 38.0. The lowest BCUT2D eigenvalue weighted by Crippen LogP contribution is -2.60. The van der Waals surface area contributed by atoms with Crippen molar-refractivity contribution in [2.24, 2.45) is 29.5 Å². The molecule has 4 aliphatic rings. The summed E-state index contributed by atoms with van der Waals surface area (Å²) in [5.74, 6) is 6.30. The molecule has 4 N–H and O–H groups in total. The van der Waals surface area contributed by atoms with Crippen molar-refractivity contribution in [3.8, 4) is 0 Å². The molecule has 0 heterocycles. The zero-order valence-electron chi connectivity index (χ0n) is 12.9. The fourth-order valence-electron chi connectivity index (χ4n) is 5.33.